The molecule has 0 aliphatic heterocycles. The van der Waals surface area contributed by atoms with Gasteiger partial charge >= 0.3 is 6.18 Å². The van der Waals surface area contributed by atoms with Crippen LogP contribution in [0.5, 0.6) is 5.75 Å². The van der Waals surface area contributed by atoms with Gasteiger partial charge in [0.05, 0.1) is 0 Å². The van der Waals surface area contributed by atoms with Crippen LogP contribution in [0.25, 0.3) is 0 Å². The standard InChI is InChI=1S/C33H39F3N2O/c1-18-2-25(28(39)27(3-18)31-11-19-4-20(12-31)6-21(5-19)13-31)10-26-17-37-30(38-29(26)33(34,35)36)32-14-22-7-23(15-32)9-24(8-22)16-32/h2-3,17,19-24,39H,4-16H2,1H3. The highest BCUT2D eigenvalue weighted by atomic mass is 19.4. The number of nitrogens with zero attached hydrogens (tertiary/aromatic N) is 2. The summed E-state index contributed by atoms with van der Waals surface area (Å²) in [7, 11) is 0. The van der Waals surface area contributed by atoms with Gasteiger partial charge in [0.1, 0.15) is 11.6 Å². The lowest BCUT2D eigenvalue weighted by Crippen LogP contribution is -2.49. The Morgan fingerprint density at radius 3 is 1.74 bits per heavy atom. The van der Waals surface area contributed by atoms with Crippen molar-refractivity contribution >= 4 is 0 Å². The molecule has 8 aliphatic carbocycles. The number of hydrogen-bond donors (Lipinski definition) is 1. The Bertz CT molecular complexity index is 1260. The van der Waals surface area contributed by atoms with E-state index in [9.17, 15) is 18.3 Å². The Morgan fingerprint density at radius 1 is 0.769 bits per heavy atom. The molecule has 1 aromatic heterocycles. The SMILES string of the molecule is Cc1cc(Cc2cnc(C34CC5CC(CC(C5)C3)C4)nc2C(F)(F)F)c(O)c(C23CC4CC(CC(C4)C2)C3)c1. The molecule has 0 unspecified atom stereocenters. The van der Waals surface area contributed by atoms with Crippen LogP contribution >= 0.6 is 0 Å². The minimum Gasteiger partial charge on any atom is -0.507 e. The number of phenolic OH excluding ortho intramolecular Hbond substituents is 1. The van der Waals surface area contributed by atoms with Crippen LogP contribution in [0.3, 0.4) is 0 Å². The first-order chi connectivity index (χ1) is 18.6. The molecule has 8 aliphatic rings. The Labute approximate surface area is 229 Å². The number of phenols is 1. The molecular formula is C33H39F3N2O. The van der Waals surface area contributed by atoms with Crippen molar-refractivity contribution in [2.45, 2.75) is 107 Å². The Hall–Kier alpha value is -2.11. The summed E-state index contributed by atoms with van der Waals surface area (Å²) in [6, 6.07) is 3.98. The highest BCUT2D eigenvalue weighted by molar-refractivity contribution is 5.50. The Balaban J connectivity index is 1.16. The van der Waals surface area contributed by atoms with E-state index >= 15 is 0 Å². The third-order valence-corrected chi connectivity index (χ3v) is 12.0. The molecule has 8 bridgehead atoms. The van der Waals surface area contributed by atoms with Gasteiger partial charge < -0.3 is 5.11 Å². The second-order valence-corrected chi connectivity index (χ2v) is 15.0. The maximum Gasteiger partial charge on any atom is 0.433 e. The lowest BCUT2D eigenvalue weighted by molar-refractivity contribution is -0.142. The Morgan fingerprint density at radius 2 is 1.26 bits per heavy atom. The number of hydrogen-bond acceptors (Lipinski definition) is 3. The average molecular weight is 537 g/mol. The van der Waals surface area contributed by atoms with Crippen LogP contribution in [0, 0.1) is 42.4 Å². The van der Waals surface area contributed by atoms with Crippen LogP contribution < -0.4 is 0 Å². The first kappa shape index (κ1) is 24.7. The fraction of sp³-hybridized carbons (Fsp3) is 0.697. The molecule has 1 N–H and O–H groups in total. The molecule has 208 valence electrons. The van der Waals surface area contributed by atoms with Gasteiger partial charge in [0, 0.05) is 29.2 Å². The lowest BCUT2D eigenvalue weighted by Gasteiger charge is -2.57. The molecule has 1 heterocycles. The fourth-order valence-corrected chi connectivity index (χ4v) is 11.5. The first-order valence-electron chi connectivity index (χ1n) is 15.3. The number of benzene rings is 1. The monoisotopic (exact) mass is 536 g/mol. The van der Waals surface area contributed by atoms with E-state index < -0.39 is 11.9 Å². The van der Waals surface area contributed by atoms with Crippen LogP contribution in [-0.2, 0) is 23.4 Å². The summed E-state index contributed by atoms with van der Waals surface area (Å²) in [5.41, 5.74) is 1.53. The molecule has 8 saturated carbocycles. The van der Waals surface area contributed by atoms with Crippen molar-refractivity contribution in [1.29, 1.82) is 0 Å². The summed E-state index contributed by atoms with van der Waals surface area (Å²) in [6.07, 6.45) is 10.6. The third-order valence-electron chi connectivity index (χ3n) is 12.0. The van der Waals surface area contributed by atoms with Gasteiger partial charge in [0.25, 0.3) is 0 Å². The third kappa shape index (κ3) is 3.89. The average Bonchev–Trinajstić information content (AvgIpc) is 2.84. The first-order valence-corrected chi connectivity index (χ1v) is 15.3. The van der Waals surface area contributed by atoms with Crippen molar-refractivity contribution < 1.29 is 18.3 Å². The van der Waals surface area contributed by atoms with Gasteiger partial charge in [-0.3, -0.25) is 0 Å². The van der Waals surface area contributed by atoms with Crippen LogP contribution in [0.15, 0.2) is 18.3 Å². The van der Waals surface area contributed by atoms with Gasteiger partial charge in [-0.05, 0) is 130 Å². The molecule has 0 atom stereocenters. The van der Waals surface area contributed by atoms with Gasteiger partial charge in [0.15, 0.2) is 5.69 Å². The quantitative estimate of drug-likeness (QED) is 0.430. The van der Waals surface area contributed by atoms with E-state index in [1.807, 2.05) is 13.0 Å². The second-order valence-electron chi connectivity index (χ2n) is 15.0. The predicted molar refractivity (Wildman–Crippen MR) is 142 cm³/mol. The summed E-state index contributed by atoms with van der Waals surface area (Å²) >= 11 is 0. The van der Waals surface area contributed by atoms with Crippen molar-refractivity contribution in [1.82, 2.24) is 9.97 Å². The van der Waals surface area contributed by atoms with Crippen LogP contribution in [-0.4, -0.2) is 15.1 Å². The minimum absolute atomic E-state index is 0.00285. The van der Waals surface area contributed by atoms with Crippen LogP contribution in [0.2, 0.25) is 0 Å². The minimum atomic E-state index is -4.56. The van der Waals surface area contributed by atoms with E-state index in [-0.39, 0.29) is 28.6 Å². The molecule has 0 spiro atoms. The zero-order valence-electron chi connectivity index (χ0n) is 22.9. The largest absolute Gasteiger partial charge is 0.507 e. The van der Waals surface area contributed by atoms with Crippen LogP contribution in [0.4, 0.5) is 13.2 Å². The van der Waals surface area contributed by atoms with Gasteiger partial charge in [-0.1, -0.05) is 17.7 Å². The number of aromatic nitrogens is 2. The van der Waals surface area contributed by atoms with Gasteiger partial charge in [-0.2, -0.15) is 13.2 Å². The second kappa shape index (κ2) is 8.22. The molecule has 39 heavy (non-hydrogen) atoms. The normalized spacial score (nSPS) is 40.0. The number of rotatable bonds is 4. The number of aryl methyl sites for hydroxylation is 1. The highest BCUT2D eigenvalue weighted by Gasteiger charge is 2.54. The maximum absolute atomic E-state index is 14.5. The van der Waals surface area contributed by atoms with Crippen molar-refractivity contribution in [2.24, 2.45) is 35.5 Å². The molecule has 8 fully saturated rings. The topological polar surface area (TPSA) is 46.0 Å². The molecule has 3 nitrogen and oxygen atoms in total. The van der Waals surface area contributed by atoms with Crippen molar-refractivity contribution in [2.75, 3.05) is 0 Å². The molecule has 6 heteroatoms. The van der Waals surface area contributed by atoms with Crippen molar-refractivity contribution in [3.05, 3.63) is 52.1 Å². The zero-order chi connectivity index (χ0) is 26.7. The number of alkyl halides is 3. The lowest BCUT2D eigenvalue weighted by atomic mass is 9.48. The molecule has 0 saturated heterocycles. The van der Waals surface area contributed by atoms with E-state index in [2.05, 4.69) is 16.0 Å². The molecule has 0 radical (unpaired) electrons. The van der Waals surface area contributed by atoms with E-state index in [1.54, 1.807) is 0 Å². The highest BCUT2D eigenvalue weighted by Crippen LogP contribution is 2.63. The van der Waals surface area contributed by atoms with Gasteiger partial charge in [-0.25, -0.2) is 9.97 Å². The van der Waals surface area contributed by atoms with Crippen molar-refractivity contribution in [3.63, 3.8) is 0 Å². The molecule has 1 aromatic carbocycles. The molecule has 10 rings (SSSR count). The predicted octanol–water partition coefficient (Wildman–Crippen LogP) is 8.04. The number of aromatic hydroxyl groups is 1. The van der Waals surface area contributed by atoms with Gasteiger partial charge in [-0.15, -0.1) is 0 Å². The summed E-state index contributed by atoms with van der Waals surface area (Å²) in [5, 5.41) is 11.6. The van der Waals surface area contributed by atoms with E-state index in [4.69, 9.17) is 0 Å². The molecule has 2 aromatic rings. The summed E-state index contributed by atoms with van der Waals surface area (Å²) in [4.78, 5) is 9.02. The maximum atomic E-state index is 14.5. The number of halogens is 3. The van der Waals surface area contributed by atoms with E-state index in [1.165, 1.54) is 44.7 Å². The Kier molecular flexibility index (Phi) is 5.20. The van der Waals surface area contributed by atoms with Crippen LogP contribution in [0.1, 0.15) is 111 Å². The van der Waals surface area contributed by atoms with Gasteiger partial charge in [0.2, 0.25) is 0 Å². The summed E-state index contributed by atoms with van der Waals surface area (Å²) in [6.45, 7) is 2.00. The van der Waals surface area contributed by atoms with Crippen molar-refractivity contribution in [3.8, 4) is 5.75 Å². The molecule has 0 amide bonds. The summed E-state index contributed by atoms with van der Waals surface area (Å²) < 4.78 is 43.5. The van der Waals surface area contributed by atoms with E-state index in [0.29, 0.717) is 29.1 Å². The summed E-state index contributed by atoms with van der Waals surface area (Å²) in [5.74, 6) is 4.63. The smallest absolute Gasteiger partial charge is 0.433 e. The van der Waals surface area contributed by atoms with E-state index in [0.717, 1.165) is 67.4 Å². The fourth-order valence-electron chi connectivity index (χ4n) is 11.5. The molecular weight excluding hydrogens is 497 g/mol. The zero-order valence-corrected chi connectivity index (χ0v) is 22.9.